The van der Waals surface area contributed by atoms with Gasteiger partial charge in [0.2, 0.25) is 0 Å². The molecule has 0 bridgehead atoms. The van der Waals surface area contributed by atoms with Crippen LogP contribution in [0.3, 0.4) is 0 Å². The second-order valence-corrected chi connectivity index (χ2v) is 7.27. The van der Waals surface area contributed by atoms with Crippen molar-refractivity contribution in [3.63, 3.8) is 0 Å². The van der Waals surface area contributed by atoms with Crippen LogP contribution in [0.4, 0.5) is 10.1 Å². The van der Waals surface area contributed by atoms with Crippen LogP contribution >= 0.6 is 15.9 Å². The molecule has 0 aromatic heterocycles. The van der Waals surface area contributed by atoms with Gasteiger partial charge in [-0.15, -0.1) is 0 Å². The van der Waals surface area contributed by atoms with Gasteiger partial charge in [-0.1, -0.05) is 30.3 Å². The summed E-state index contributed by atoms with van der Waals surface area (Å²) in [6.07, 6.45) is 1.45. The van der Waals surface area contributed by atoms with E-state index in [0.29, 0.717) is 27.1 Å². The van der Waals surface area contributed by atoms with Crippen molar-refractivity contribution in [2.45, 2.75) is 0 Å². The maximum absolute atomic E-state index is 13.7. The van der Waals surface area contributed by atoms with Gasteiger partial charge in [-0.25, -0.2) is 9.82 Å². The van der Waals surface area contributed by atoms with Gasteiger partial charge in [-0.3, -0.25) is 9.59 Å². The molecule has 0 spiro atoms. The lowest BCUT2D eigenvalue weighted by Crippen LogP contribution is -2.21. The van der Waals surface area contributed by atoms with Gasteiger partial charge >= 0.3 is 0 Å². The van der Waals surface area contributed by atoms with E-state index in [1.54, 1.807) is 42.5 Å². The zero-order valence-corrected chi connectivity index (χ0v) is 18.6. The standard InChI is InChI=1S/C23H19BrFN3O4/c1-31-20-12-15(13-26-28-23(30)16-7-3-2-4-8-16)11-17(24)22(20)32-14-21(29)27-19-10-6-5-9-18(19)25/h2-13H,14H2,1H3,(H,27,29)(H,28,30). The predicted molar refractivity (Wildman–Crippen MR) is 123 cm³/mol. The number of methoxy groups -OCH3 is 1. The first-order valence-electron chi connectivity index (χ1n) is 9.41. The number of carbonyl (C=O) groups excluding carboxylic acids is 2. The Morgan fingerprint density at radius 1 is 1.09 bits per heavy atom. The van der Waals surface area contributed by atoms with E-state index < -0.39 is 11.7 Å². The second kappa shape index (κ2) is 11.1. The molecule has 9 heteroatoms. The highest BCUT2D eigenvalue weighted by atomic mass is 79.9. The van der Waals surface area contributed by atoms with Crippen LogP contribution in [0.2, 0.25) is 0 Å². The van der Waals surface area contributed by atoms with E-state index in [9.17, 15) is 14.0 Å². The minimum atomic E-state index is -0.539. The Hall–Kier alpha value is -3.72. The summed E-state index contributed by atoms with van der Waals surface area (Å²) >= 11 is 3.38. The molecule has 2 N–H and O–H groups in total. The number of benzene rings is 3. The van der Waals surface area contributed by atoms with Crippen molar-refractivity contribution in [1.29, 1.82) is 0 Å². The number of anilines is 1. The Bertz CT molecular complexity index is 1140. The average molecular weight is 500 g/mol. The zero-order chi connectivity index (χ0) is 22.9. The van der Waals surface area contributed by atoms with Crippen LogP contribution in [0.15, 0.2) is 76.3 Å². The Balaban J connectivity index is 1.63. The SMILES string of the molecule is COc1cc(C=NNC(=O)c2ccccc2)cc(Br)c1OCC(=O)Nc1ccccc1F. The molecule has 0 aliphatic heterocycles. The number of nitrogens with one attached hydrogen (secondary N) is 2. The molecule has 0 radical (unpaired) electrons. The van der Waals surface area contributed by atoms with Crippen molar-refractivity contribution in [3.05, 3.63) is 88.1 Å². The van der Waals surface area contributed by atoms with Crippen molar-refractivity contribution in [2.24, 2.45) is 5.10 Å². The molecule has 0 aliphatic carbocycles. The van der Waals surface area contributed by atoms with Crippen LogP contribution in [0.5, 0.6) is 11.5 Å². The highest BCUT2D eigenvalue weighted by molar-refractivity contribution is 9.10. The quantitative estimate of drug-likeness (QED) is 0.355. The Morgan fingerprint density at radius 3 is 2.53 bits per heavy atom. The summed E-state index contributed by atoms with van der Waals surface area (Å²) < 4.78 is 25.1. The molecule has 0 atom stereocenters. The number of amides is 2. The van der Waals surface area contributed by atoms with E-state index in [4.69, 9.17) is 9.47 Å². The highest BCUT2D eigenvalue weighted by Crippen LogP contribution is 2.36. The van der Waals surface area contributed by atoms with Crippen LogP contribution in [0.1, 0.15) is 15.9 Å². The van der Waals surface area contributed by atoms with Gasteiger partial charge in [0.15, 0.2) is 18.1 Å². The van der Waals surface area contributed by atoms with Crippen molar-refractivity contribution < 1.29 is 23.5 Å². The number of nitrogens with zero attached hydrogens (tertiary/aromatic N) is 1. The van der Waals surface area contributed by atoms with Gasteiger partial charge in [0.25, 0.3) is 11.8 Å². The Kier molecular flexibility index (Phi) is 7.93. The van der Waals surface area contributed by atoms with Gasteiger partial charge in [-0.2, -0.15) is 5.10 Å². The summed E-state index contributed by atoms with van der Waals surface area (Å²) in [6.45, 7) is -0.357. The van der Waals surface area contributed by atoms with Crippen molar-refractivity contribution in [3.8, 4) is 11.5 Å². The number of halogens is 2. The highest BCUT2D eigenvalue weighted by Gasteiger charge is 2.14. The molecule has 0 unspecified atom stereocenters. The summed E-state index contributed by atoms with van der Waals surface area (Å²) in [4.78, 5) is 24.2. The number of ether oxygens (including phenoxy) is 2. The van der Waals surface area contributed by atoms with Crippen LogP contribution < -0.4 is 20.2 Å². The maximum Gasteiger partial charge on any atom is 0.271 e. The summed E-state index contributed by atoms with van der Waals surface area (Å²) in [5, 5.41) is 6.40. The molecule has 0 saturated heterocycles. The number of carbonyl (C=O) groups is 2. The largest absolute Gasteiger partial charge is 0.493 e. The molecular weight excluding hydrogens is 481 g/mol. The lowest BCUT2D eigenvalue weighted by atomic mass is 10.2. The van der Waals surface area contributed by atoms with E-state index >= 15 is 0 Å². The minimum absolute atomic E-state index is 0.0660. The van der Waals surface area contributed by atoms with Crippen molar-refractivity contribution >= 4 is 39.6 Å². The fraction of sp³-hybridized carbons (Fsp3) is 0.0870. The normalized spacial score (nSPS) is 10.6. The van der Waals surface area contributed by atoms with Gasteiger partial charge in [-0.05, 0) is 57.9 Å². The molecule has 3 rings (SSSR count). The predicted octanol–water partition coefficient (Wildman–Crippen LogP) is 4.38. The molecule has 3 aromatic carbocycles. The number of hydrogen-bond donors (Lipinski definition) is 2. The Morgan fingerprint density at radius 2 is 1.81 bits per heavy atom. The summed E-state index contributed by atoms with van der Waals surface area (Å²) in [6, 6.07) is 17.9. The maximum atomic E-state index is 13.7. The summed E-state index contributed by atoms with van der Waals surface area (Å²) in [5.74, 6) is -0.773. The van der Waals surface area contributed by atoms with Gasteiger partial charge in [0, 0.05) is 5.56 Å². The van der Waals surface area contributed by atoms with E-state index in [1.165, 1.54) is 31.5 Å². The number of hydrazone groups is 1. The monoisotopic (exact) mass is 499 g/mol. The summed E-state index contributed by atoms with van der Waals surface area (Å²) in [7, 11) is 1.45. The van der Waals surface area contributed by atoms with E-state index in [0.717, 1.165) is 0 Å². The number of rotatable bonds is 8. The molecule has 0 heterocycles. The molecule has 0 aliphatic rings. The zero-order valence-electron chi connectivity index (χ0n) is 17.0. The molecule has 164 valence electrons. The first-order chi connectivity index (χ1) is 15.5. The van der Waals surface area contributed by atoms with Crippen molar-refractivity contribution in [1.82, 2.24) is 5.43 Å². The smallest absolute Gasteiger partial charge is 0.271 e. The minimum Gasteiger partial charge on any atom is -0.493 e. The third-order valence-electron chi connectivity index (χ3n) is 4.16. The van der Waals surface area contributed by atoms with Gasteiger partial charge < -0.3 is 14.8 Å². The molecular formula is C23H19BrFN3O4. The average Bonchev–Trinajstić information content (AvgIpc) is 2.80. The first-order valence-corrected chi connectivity index (χ1v) is 10.2. The summed E-state index contributed by atoms with van der Waals surface area (Å²) in [5.41, 5.74) is 3.62. The van der Waals surface area contributed by atoms with E-state index in [1.807, 2.05) is 6.07 Å². The van der Waals surface area contributed by atoms with Gasteiger partial charge in [0.05, 0.1) is 23.5 Å². The molecule has 32 heavy (non-hydrogen) atoms. The third kappa shape index (κ3) is 6.14. The van der Waals surface area contributed by atoms with Crippen LogP contribution in [-0.4, -0.2) is 31.7 Å². The molecule has 0 saturated carbocycles. The number of hydrogen-bond acceptors (Lipinski definition) is 5. The fourth-order valence-corrected chi connectivity index (χ4v) is 3.23. The lowest BCUT2D eigenvalue weighted by Gasteiger charge is -2.13. The van der Waals surface area contributed by atoms with Crippen LogP contribution in [-0.2, 0) is 4.79 Å². The Labute approximate surface area is 192 Å². The second-order valence-electron chi connectivity index (χ2n) is 6.42. The first kappa shape index (κ1) is 23.0. The fourth-order valence-electron chi connectivity index (χ4n) is 2.66. The van der Waals surface area contributed by atoms with Crippen molar-refractivity contribution in [2.75, 3.05) is 19.0 Å². The van der Waals surface area contributed by atoms with Crippen LogP contribution in [0, 0.1) is 5.82 Å². The third-order valence-corrected chi connectivity index (χ3v) is 4.75. The lowest BCUT2D eigenvalue weighted by molar-refractivity contribution is -0.118. The number of para-hydroxylation sites is 1. The molecule has 0 fully saturated rings. The molecule has 7 nitrogen and oxygen atoms in total. The topological polar surface area (TPSA) is 89.0 Å². The van der Waals surface area contributed by atoms with Crippen LogP contribution in [0.25, 0.3) is 0 Å². The molecule has 3 aromatic rings. The van der Waals surface area contributed by atoms with E-state index in [-0.39, 0.29) is 18.2 Å². The molecule has 2 amide bonds. The van der Waals surface area contributed by atoms with Gasteiger partial charge in [0.1, 0.15) is 5.82 Å². The van der Waals surface area contributed by atoms with E-state index in [2.05, 4.69) is 31.8 Å².